The van der Waals surface area contributed by atoms with Crippen molar-refractivity contribution < 1.29 is 80.2 Å². The second-order valence-electron chi connectivity index (χ2n) is 27.7. The number of aliphatic hydroxyl groups excluding tert-OH is 1. The van der Waals surface area contributed by atoms with E-state index in [0.29, 0.717) is 25.7 Å². The Morgan fingerprint density at radius 1 is 0.274 bits per heavy atom. The molecule has 17 nitrogen and oxygen atoms in total. The maximum Gasteiger partial charge on any atom is 0.472 e. The van der Waals surface area contributed by atoms with Gasteiger partial charge in [-0.3, -0.25) is 37.3 Å². The average molecular weight is 1530 g/mol. The highest BCUT2D eigenvalue weighted by Crippen LogP contribution is 2.45. The summed E-state index contributed by atoms with van der Waals surface area (Å²) in [6.45, 7) is 4.66. The van der Waals surface area contributed by atoms with Crippen LogP contribution < -0.4 is 0 Å². The van der Waals surface area contributed by atoms with E-state index < -0.39 is 97.5 Å². The van der Waals surface area contributed by atoms with Gasteiger partial charge in [0.1, 0.15) is 19.3 Å². The molecule has 0 rings (SSSR count). The lowest BCUT2D eigenvalue weighted by atomic mass is 10.1. The fourth-order valence-corrected chi connectivity index (χ4v) is 12.6. The molecule has 0 spiro atoms. The number of hydrogen-bond donors (Lipinski definition) is 3. The van der Waals surface area contributed by atoms with Gasteiger partial charge in [0, 0.05) is 25.7 Å². The molecule has 0 aromatic heterocycles. The van der Waals surface area contributed by atoms with Gasteiger partial charge in [-0.1, -0.05) is 290 Å². The van der Waals surface area contributed by atoms with E-state index in [1.54, 1.807) is 0 Å². The molecule has 0 aliphatic rings. The third-order valence-electron chi connectivity index (χ3n) is 17.4. The van der Waals surface area contributed by atoms with E-state index in [2.05, 4.69) is 149 Å². The molecule has 0 amide bonds. The van der Waals surface area contributed by atoms with Crippen LogP contribution in [0, 0.1) is 0 Å². The van der Waals surface area contributed by atoms with Crippen LogP contribution in [0.25, 0.3) is 0 Å². The highest BCUT2D eigenvalue weighted by molar-refractivity contribution is 7.47. The molecule has 5 unspecified atom stereocenters. The highest BCUT2D eigenvalue weighted by atomic mass is 31.2. The summed E-state index contributed by atoms with van der Waals surface area (Å²) in [6.07, 6.45) is 87.3. The lowest BCUT2D eigenvalue weighted by molar-refractivity contribution is -0.161. The molecular formula is C87H150O17P2. The molecule has 0 aliphatic heterocycles. The Labute approximate surface area is 644 Å². The molecular weight excluding hydrogens is 1380 g/mol. The van der Waals surface area contributed by atoms with E-state index in [1.807, 2.05) is 0 Å². The van der Waals surface area contributed by atoms with E-state index in [4.69, 9.17) is 37.0 Å². The fraction of sp³-hybridized carbons (Fsp3) is 0.724. The van der Waals surface area contributed by atoms with E-state index in [0.717, 1.165) is 218 Å². The Bertz CT molecular complexity index is 2480. The zero-order chi connectivity index (χ0) is 77.4. The van der Waals surface area contributed by atoms with Crippen LogP contribution in [0.1, 0.15) is 349 Å². The predicted octanol–water partition coefficient (Wildman–Crippen LogP) is 24.7. The first-order chi connectivity index (χ1) is 51.7. The van der Waals surface area contributed by atoms with Gasteiger partial charge in [-0.15, -0.1) is 0 Å². The number of aliphatic hydroxyl groups is 1. The molecule has 0 radical (unpaired) electrons. The summed E-state index contributed by atoms with van der Waals surface area (Å²) in [7, 11) is -9.97. The van der Waals surface area contributed by atoms with Crippen LogP contribution in [0.15, 0.2) is 122 Å². The van der Waals surface area contributed by atoms with Crippen molar-refractivity contribution in [3.63, 3.8) is 0 Å². The predicted molar refractivity (Wildman–Crippen MR) is 436 cm³/mol. The molecule has 0 bridgehead atoms. The van der Waals surface area contributed by atoms with Crippen molar-refractivity contribution >= 4 is 39.5 Å². The molecule has 610 valence electrons. The minimum absolute atomic E-state index is 0.0757. The molecule has 3 N–H and O–H groups in total. The number of phosphoric ester groups is 2. The summed E-state index contributed by atoms with van der Waals surface area (Å²) in [5.74, 6) is -2.21. The number of hydrogen-bond acceptors (Lipinski definition) is 15. The Hall–Kier alpha value is -4.54. The van der Waals surface area contributed by atoms with Crippen molar-refractivity contribution in [1.82, 2.24) is 0 Å². The van der Waals surface area contributed by atoms with Gasteiger partial charge in [0.25, 0.3) is 0 Å². The van der Waals surface area contributed by atoms with Gasteiger partial charge in [-0.05, 0) is 154 Å². The second kappa shape index (κ2) is 78.6. The lowest BCUT2D eigenvalue weighted by Crippen LogP contribution is -2.30. The van der Waals surface area contributed by atoms with Crippen molar-refractivity contribution in [2.75, 3.05) is 39.6 Å². The number of carbonyl (C=O) groups excluding carboxylic acids is 4. The summed E-state index contributed by atoms with van der Waals surface area (Å²) < 4.78 is 68.7. The molecule has 0 heterocycles. The van der Waals surface area contributed by atoms with Crippen molar-refractivity contribution in [1.29, 1.82) is 0 Å². The number of phosphoric acid groups is 2. The van der Waals surface area contributed by atoms with Crippen molar-refractivity contribution in [2.45, 2.75) is 367 Å². The van der Waals surface area contributed by atoms with Gasteiger partial charge in [0.2, 0.25) is 0 Å². The smallest absolute Gasteiger partial charge is 0.462 e. The molecule has 19 heteroatoms. The number of unbranched alkanes of at least 4 members (excludes halogenated alkanes) is 32. The number of ether oxygens (including phenoxy) is 4. The normalized spacial score (nSPS) is 14.4. The molecule has 0 aliphatic carbocycles. The Balaban J connectivity index is 5.36. The number of carbonyl (C=O) groups is 4. The van der Waals surface area contributed by atoms with Crippen LogP contribution in [0.4, 0.5) is 0 Å². The molecule has 0 saturated heterocycles. The van der Waals surface area contributed by atoms with E-state index in [9.17, 15) is 43.2 Å². The van der Waals surface area contributed by atoms with E-state index >= 15 is 0 Å². The molecule has 0 aromatic rings. The van der Waals surface area contributed by atoms with Crippen LogP contribution in [0.3, 0.4) is 0 Å². The van der Waals surface area contributed by atoms with Crippen LogP contribution in [-0.4, -0.2) is 96.7 Å². The van der Waals surface area contributed by atoms with Crippen LogP contribution >= 0.6 is 15.6 Å². The first-order valence-corrected chi connectivity index (χ1v) is 44.8. The molecule has 5 atom stereocenters. The molecule has 0 fully saturated rings. The van der Waals surface area contributed by atoms with Crippen LogP contribution in [-0.2, 0) is 65.4 Å². The number of allylic oxidation sites excluding steroid dienone is 20. The minimum atomic E-state index is -4.99. The van der Waals surface area contributed by atoms with E-state index in [-0.39, 0.29) is 25.7 Å². The monoisotopic (exact) mass is 1530 g/mol. The zero-order valence-electron chi connectivity index (χ0n) is 66.8. The summed E-state index contributed by atoms with van der Waals surface area (Å²) in [5.41, 5.74) is 0. The Kier molecular flexibility index (Phi) is 75.2. The Morgan fingerprint density at radius 3 is 0.792 bits per heavy atom. The highest BCUT2D eigenvalue weighted by Gasteiger charge is 2.30. The summed E-state index contributed by atoms with van der Waals surface area (Å²) >= 11 is 0. The first kappa shape index (κ1) is 101. The first-order valence-electron chi connectivity index (χ1n) is 41.8. The van der Waals surface area contributed by atoms with Crippen LogP contribution in [0.5, 0.6) is 0 Å². The van der Waals surface area contributed by atoms with Gasteiger partial charge in [-0.2, -0.15) is 0 Å². The van der Waals surface area contributed by atoms with Crippen molar-refractivity contribution in [3.05, 3.63) is 122 Å². The maximum absolute atomic E-state index is 13.1. The van der Waals surface area contributed by atoms with Gasteiger partial charge in [0.05, 0.1) is 26.4 Å². The third-order valence-corrected chi connectivity index (χ3v) is 19.3. The minimum Gasteiger partial charge on any atom is -0.462 e. The number of rotatable bonds is 78. The molecule has 0 saturated carbocycles. The van der Waals surface area contributed by atoms with Gasteiger partial charge < -0.3 is 33.8 Å². The topological polar surface area (TPSA) is 237 Å². The standard InChI is InChI=1S/C87H150O17P2/c1-5-9-13-17-21-25-29-32-35-38-40-43-46-49-53-56-60-64-68-72-85(90)98-78-83(104-87(92)74-70-66-62-58-54-50-47-44-41-39-36-33-30-26-22-18-14-10-6-2)80-102-106(95,96)100-76-81(88)75-99-105(93,94)101-79-82(103-86(91)73-69-65-61-57-51-28-24-20-16-12-8-4)77-97-84(89)71-67-63-59-55-52-48-45-42-37-34-31-27-23-19-15-11-7-3/h11,15,20-27,32-37,40-41,43-44,81-83,88H,5-10,12-14,16-19,28-31,38-39,42,45-80H2,1-4H3,(H,93,94)(H,95,96)/b15-11-,24-20-,25-21-,26-22-,27-23-,35-32-,36-33-,37-34-,43-40-,44-41-. The maximum atomic E-state index is 13.1. The zero-order valence-corrected chi connectivity index (χ0v) is 68.6. The van der Waals surface area contributed by atoms with Gasteiger partial charge in [-0.25, -0.2) is 9.13 Å². The number of esters is 4. The van der Waals surface area contributed by atoms with E-state index in [1.165, 1.54) is 51.4 Å². The Morgan fingerprint density at radius 2 is 0.500 bits per heavy atom. The SMILES string of the molecule is CC/C=C\C/C=C\C/C=C\CCCCCCCCCC(=O)OCC(COP(=O)(O)OCC(O)COP(=O)(O)OCC(COC(=O)CCCCCCCC/C=C\C/C=C\C/C=C\CCCCC)OC(=O)CCCCCCCC/C=C\C/C=C\C/C=C\CCCCC)OC(=O)CCCCCCC/C=C\CCCC. The largest absolute Gasteiger partial charge is 0.472 e. The summed E-state index contributed by atoms with van der Waals surface area (Å²) in [5, 5.41) is 10.7. The summed E-state index contributed by atoms with van der Waals surface area (Å²) in [4.78, 5) is 73.1. The van der Waals surface area contributed by atoms with Crippen molar-refractivity contribution in [3.8, 4) is 0 Å². The molecule has 106 heavy (non-hydrogen) atoms. The van der Waals surface area contributed by atoms with Crippen molar-refractivity contribution in [2.24, 2.45) is 0 Å². The van der Waals surface area contributed by atoms with Gasteiger partial charge >= 0.3 is 39.5 Å². The van der Waals surface area contributed by atoms with Crippen LogP contribution in [0.2, 0.25) is 0 Å². The molecule has 0 aromatic carbocycles. The average Bonchev–Trinajstić information content (AvgIpc) is 0.901. The van der Waals surface area contributed by atoms with Gasteiger partial charge in [0.15, 0.2) is 12.2 Å². The third kappa shape index (κ3) is 77.6. The second-order valence-corrected chi connectivity index (χ2v) is 30.6. The summed E-state index contributed by atoms with van der Waals surface area (Å²) in [6, 6.07) is 0. The quantitative estimate of drug-likeness (QED) is 0.0169. The lowest BCUT2D eigenvalue weighted by Gasteiger charge is -2.21. The fourth-order valence-electron chi connectivity index (χ4n) is 11.0.